The van der Waals surface area contributed by atoms with Crippen molar-refractivity contribution in [2.45, 2.75) is 12.1 Å². The lowest BCUT2D eigenvalue weighted by molar-refractivity contribution is -0.128. The molecule has 1 amide bonds. The van der Waals surface area contributed by atoms with Crippen molar-refractivity contribution in [1.29, 1.82) is 0 Å². The molecule has 1 aliphatic rings. The number of aryl methyl sites for hydroxylation is 1. The number of nitrogens with one attached hydrogen (secondary N) is 1. The predicted molar refractivity (Wildman–Crippen MR) is 89.5 cm³/mol. The third kappa shape index (κ3) is 4.04. The van der Waals surface area contributed by atoms with E-state index in [1.54, 1.807) is 4.90 Å². The Morgan fingerprint density at radius 1 is 1.57 bits per heavy atom. The first-order valence-corrected chi connectivity index (χ1v) is 8.70. The Balaban J connectivity index is 1.60. The Morgan fingerprint density at radius 3 is 3.26 bits per heavy atom. The number of H-pyrrole nitrogens is 1. The van der Waals surface area contributed by atoms with Crippen molar-refractivity contribution in [3.05, 3.63) is 23.8 Å². The average molecular weight is 335 g/mol. The number of aliphatic hydroxyl groups excluding tert-OH is 1. The van der Waals surface area contributed by atoms with Gasteiger partial charge in [-0.15, -0.1) is 0 Å². The summed E-state index contributed by atoms with van der Waals surface area (Å²) in [6.07, 6.45) is 0. The number of aliphatic hydroxyl groups is 1. The van der Waals surface area contributed by atoms with E-state index in [2.05, 4.69) is 9.97 Å². The molecule has 1 aromatic carbocycles. The van der Waals surface area contributed by atoms with Crippen LogP contribution >= 0.6 is 11.8 Å². The van der Waals surface area contributed by atoms with Gasteiger partial charge in [0, 0.05) is 25.6 Å². The second kappa shape index (κ2) is 7.33. The summed E-state index contributed by atoms with van der Waals surface area (Å²) < 4.78 is 5.41. The number of benzene rings is 1. The molecule has 0 spiro atoms. The number of imidazole rings is 1. The van der Waals surface area contributed by atoms with Crippen LogP contribution in [0.1, 0.15) is 5.56 Å². The third-order valence-corrected chi connectivity index (χ3v) is 4.75. The van der Waals surface area contributed by atoms with Crippen molar-refractivity contribution in [3.8, 4) is 0 Å². The molecule has 1 atom stereocenters. The van der Waals surface area contributed by atoms with Crippen LogP contribution in [0.2, 0.25) is 0 Å². The first-order valence-electron chi connectivity index (χ1n) is 7.71. The van der Waals surface area contributed by atoms with Gasteiger partial charge >= 0.3 is 0 Å². The van der Waals surface area contributed by atoms with Gasteiger partial charge in [-0.3, -0.25) is 4.79 Å². The van der Waals surface area contributed by atoms with Crippen LogP contribution in [0.15, 0.2) is 23.4 Å². The van der Waals surface area contributed by atoms with Crippen LogP contribution in [-0.4, -0.2) is 64.5 Å². The highest BCUT2D eigenvalue weighted by atomic mass is 32.2. The number of thioether (sulfide) groups is 1. The maximum Gasteiger partial charge on any atom is 0.233 e. The number of hydrogen-bond acceptors (Lipinski definition) is 5. The third-order valence-electron chi connectivity index (χ3n) is 3.90. The molecule has 2 heterocycles. The molecule has 1 aromatic heterocycles. The van der Waals surface area contributed by atoms with Gasteiger partial charge in [0.25, 0.3) is 0 Å². The zero-order valence-electron chi connectivity index (χ0n) is 13.1. The SMILES string of the molecule is Cc1ccc2nc(SCC(=O)N3CCOC[C@@H](CO)C3)[nH]c2c1. The predicted octanol–water partition coefficient (Wildman–Crippen LogP) is 1.43. The highest BCUT2D eigenvalue weighted by Crippen LogP contribution is 2.21. The Labute approximate surface area is 139 Å². The maximum atomic E-state index is 12.4. The van der Waals surface area contributed by atoms with Crippen molar-refractivity contribution >= 4 is 28.7 Å². The topological polar surface area (TPSA) is 78.5 Å². The monoisotopic (exact) mass is 335 g/mol. The standard InChI is InChI=1S/C16H21N3O3S/c1-11-2-3-13-14(6-11)18-16(17-13)23-10-15(21)19-4-5-22-9-12(7-19)8-20/h2-3,6,12,20H,4-5,7-10H2,1H3,(H,17,18)/t12-/m1/s1. The van der Waals surface area contributed by atoms with E-state index in [4.69, 9.17) is 4.74 Å². The summed E-state index contributed by atoms with van der Waals surface area (Å²) in [5.41, 5.74) is 3.07. The van der Waals surface area contributed by atoms with Gasteiger partial charge in [-0.25, -0.2) is 4.98 Å². The molecule has 3 rings (SSSR count). The largest absolute Gasteiger partial charge is 0.396 e. The molecule has 0 aliphatic carbocycles. The van der Waals surface area contributed by atoms with E-state index >= 15 is 0 Å². The van der Waals surface area contributed by atoms with Crippen LogP contribution in [0.25, 0.3) is 11.0 Å². The highest BCUT2D eigenvalue weighted by molar-refractivity contribution is 7.99. The molecule has 1 saturated heterocycles. The molecule has 2 N–H and O–H groups in total. The first kappa shape index (κ1) is 16.3. The fraction of sp³-hybridized carbons (Fsp3) is 0.500. The van der Waals surface area contributed by atoms with Crippen molar-refractivity contribution < 1.29 is 14.6 Å². The van der Waals surface area contributed by atoms with Gasteiger partial charge in [-0.1, -0.05) is 17.8 Å². The molecule has 23 heavy (non-hydrogen) atoms. The van der Waals surface area contributed by atoms with Crippen molar-refractivity contribution in [3.63, 3.8) is 0 Å². The van der Waals surface area contributed by atoms with E-state index in [0.29, 0.717) is 32.1 Å². The van der Waals surface area contributed by atoms with Gasteiger partial charge in [-0.2, -0.15) is 0 Å². The molecular weight excluding hydrogens is 314 g/mol. The highest BCUT2D eigenvalue weighted by Gasteiger charge is 2.22. The number of nitrogens with zero attached hydrogens (tertiary/aromatic N) is 2. The number of ether oxygens (including phenoxy) is 1. The Kier molecular flexibility index (Phi) is 5.20. The normalized spacial score (nSPS) is 19.0. The van der Waals surface area contributed by atoms with Gasteiger partial charge in [0.15, 0.2) is 5.16 Å². The van der Waals surface area contributed by atoms with Crippen LogP contribution in [0.4, 0.5) is 0 Å². The van der Waals surface area contributed by atoms with Gasteiger partial charge in [0.2, 0.25) is 5.91 Å². The van der Waals surface area contributed by atoms with E-state index in [9.17, 15) is 9.90 Å². The molecule has 7 heteroatoms. The molecule has 6 nitrogen and oxygen atoms in total. The van der Waals surface area contributed by atoms with Gasteiger partial charge in [0.1, 0.15) is 0 Å². The molecule has 0 saturated carbocycles. The minimum Gasteiger partial charge on any atom is -0.396 e. The van der Waals surface area contributed by atoms with Crippen molar-refractivity contribution in [2.75, 3.05) is 38.7 Å². The average Bonchev–Trinajstić information content (AvgIpc) is 2.79. The van der Waals surface area contributed by atoms with Crippen molar-refractivity contribution in [2.24, 2.45) is 5.92 Å². The Hall–Kier alpha value is -1.57. The summed E-state index contributed by atoms with van der Waals surface area (Å²) >= 11 is 1.41. The van der Waals surface area contributed by atoms with E-state index in [1.807, 2.05) is 25.1 Å². The molecular formula is C16H21N3O3S. The zero-order chi connectivity index (χ0) is 16.2. The summed E-state index contributed by atoms with van der Waals surface area (Å²) in [5, 5.41) is 10.0. The number of aromatic amines is 1. The van der Waals surface area contributed by atoms with E-state index < -0.39 is 0 Å². The van der Waals surface area contributed by atoms with Gasteiger partial charge in [-0.05, 0) is 24.6 Å². The Morgan fingerprint density at radius 2 is 2.43 bits per heavy atom. The lowest BCUT2D eigenvalue weighted by atomic mass is 10.1. The molecule has 2 aromatic rings. The summed E-state index contributed by atoms with van der Waals surface area (Å²) in [4.78, 5) is 21.9. The second-order valence-corrected chi connectivity index (χ2v) is 6.78. The minimum atomic E-state index is 0.000580. The molecule has 0 radical (unpaired) electrons. The summed E-state index contributed by atoms with van der Waals surface area (Å²) in [7, 11) is 0. The smallest absolute Gasteiger partial charge is 0.233 e. The molecule has 1 fully saturated rings. The molecule has 124 valence electrons. The first-order chi connectivity index (χ1) is 11.2. The van der Waals surface area contributed by atoms with E-state index in [0.717, 1.165) is 16.2 Å². The maximum absolute atomic E-state index is 12.4. The number of carbonyl (C=O) groups is 1. The number of hydrogen-bond donors (Lipinski definition) is 2. The van der Waals surface area contributed by atoms with Crippen molar-refractivity contribution in [1.82, 2.24) is 14.9 Å². The zero-order valence-corrected chi connectivity index (χ0v) is 13.9. The summed E-state index contributed by atoms with van der Waals surface area (Å²) in [5.74, 6) is 0.382. The number of fused-ring (bicyclic) bond motifs is 1. The van der Waals surface area contributed by atoms with Gasteiger partial charge in [0.05, 0.1) is 30.0 Å². The molecule has 0 bridgehead atoms. The fourth-order valence-electron chi connectivity index (χ4n) is 2.61. The lowest BCUT2D eigenvalue weighted by Gasteiger charge is -2.22. The number of carbonyl (C=O) groups excluding carboxylic acids is 1. The fourth-order valence-corrected chi connectivity index (χ4v) is 3.39. The summed E-state index contributed by atoms with van der Waals surface area (Å²) in [6.45, 7) is 4.24. The van der Waals surface area contributed by atoms with Crippen LogP contribution in [0.5, 0.6) is 0 Å². The lowest BCUT2D eigenvalue weighted by Crippen LogP contribution is -2.37. The van der Waals surface area contributed by atoms with Gasteiger partial charge < -0.3 is 19.7 Å². The van der Waals surface area contributed by atoms with Crippen LogP contribution in [-0.2, 0) is 9.53 Å². The van der Waals surface area contributed by atoms with E-state index in [-0.39, 0.29) is 18.4 Å². The number of aromatic nitrogens is 2. The molecule has 0 unspecified atom stereocenters. The second-order valence-electron chi connectivity index (χ2n) is 5.81. The summed E-state index contributed by atoms with van der Waals surface area (Å²) in [6, 6.07) is 6.05. The van der Waals surface area contributed by atoms with Crippen LogP contribution in [0.3, 0.4) is 0 Å². The quantitative estimate of drug-likeness (QED) is 0.827. The number of amides is 1. The van der Waals surface area contributed by atoms with Crippen LogP contribution < -0.4 is 0 Å². The van der Waals surface area contributed by atoms with Crippen LogP contribution in [0, 0.1) is 12.8 Å². The minimum absolute atomic E-state index is 0.000580. The Bertz CT molecular complexity index is 688. The molecule has 1 aliphatic heterocycles. The van der Waals surface area contributed by atoms with E-state index in [1.165, 1.54) is 17.3 Å². The number of rotatable bonds is 4.